The number of hydrogen-bond donors (Lipinski definition) is 1. The molecule has 0 aliphatic rings. The fourth-order valence-electron chi connectivity index (χ4n) is 2.31. The quantitative estimate of drug-likeness (QED) is 0.585. The fourth-order valence-corrected chi connectivity index (χ4v) is 3.70. The third-order valence-electron chi connectivity index (χ3n) is 3.68. The van der Waals surface area contributed by atoms with Crippen molar-refractivity contribution in [1.82, 2.24) is 9.62 Å². The number of terminal acetylenes is 1. The van der Waals surface area contributed by atoms with Crippen molar-refractivity contribution in [2.24, 2.45) is 0 Å². The lowest BCUT2D eigenvalue weighted by Gasteiger charge is -2.18. The van der Waals surface area contributed by atoms with E-state index in [-0.39, 0.29) is 17.3 Å². The Labute approximate surface area is 158 Å². The van der Waals surface area contributed by atoms with Gasteiger partial charge < -0.3 is 4.90 Å². The highest BCUT2D eigenvalue weighted by atomic mass is 32.2. The van der Waals surface area contributed by atoms with Crippen LogP contribution in [0.2, 0.25) is 0 Å². The lowest BCUT2D eigenvalue weighted by Crippen LogP contribution is -2.27. The zero-order valence-electron chi connectivity index (χ0n) is 14.6. The lowest BCUT2D eigenvalue weighted by atomic mass is 10.1. The molecule has 26 heavy (non-hydrogen) atoms. The molecule has 0 heterocycles. The Morgan fingerprint density at radius 3 is 2.54 bits per heavy atom. The van der Waals surface area contributed by atoms with E-state index in [1.165, 1.54) is 12.1 Å². The second kappa shape index (κ2) is 8.90. The Kier molecular flexibility index (Phi) is 6.86. The Morgan fingerprint density at radius 2 is 1.92 bits per heavy atom. The van der Waals surface area contributed by atoms with Crippen LogP contribution < -0.4 is 4.72 Å². The Hall–Kier alpha value is -2.27. The van der Waals surface area contributed by atoms with Crippen LogP contribution in [0.3, 0.4) is 0 Å². The fraction of sp³-hybridized carbons (Fsp3) is 0.211. The summed E-state index contributed by atoms with van der Waals surface area (Å²) in [5.74, 6) is 1.96. The summed E-state index contributed by atoms with van der Waals surface area (Å²) < 4.78 is 26.6. The second-order valence-electron chi connectivity index (χ2n) is 5.57. The number of sulfonamides is 1. The van der Waals surface area contributed by atoms with E-state index in [1.54, 1.807) is 35.8 Å². The second-order valence-corrected chi connectivity index (χ2v) is 8.21. The van der Waals surface area contributed by atoms with Gasteiger partial charge in [0.25, 0.3) is 5.91 Å². The summed E-state index contributed by atoms with van der Waals surface area (Å²) in [5, 5.41) is 0. The van der Waals surface area contributed by atoms with E-state index >= 15 is 0 Å². The van der Waals surface area contributed by atoms with Crippen LogP contribution >= 0.6 is 11.8 Å². The largest absolute Gasteiger partial charge is 0.337 e. The minimum Gasteiger partial charge on any atom is -0.337 e. The normalized spacial score (nSPS) is 11.0. The molecule has 0 aromatic heterocycles. The number of hydrogen-bond acceptors (Lipinski definition) is 4. The number of carbonyl (C=O) groups excluding carboxylic acids is 1. The number of amides is 1. The Bertz CT molecular complexity index is 917. The number of nitrogens with zero attached hydrogens (tertiary/aromatic N) is 1. The van der Waals surface area contributed by atoms with Gasteiger partial charge in [0.2, 0.25) is 10.0 Å². The molecule has 0 radical (unpaired) electrons. The van der Waals surface area contributed by atoms with Crippen molar-refractivity contribution in [2.75, 3.05) is 19.8 Å². The predicted octanol–water partition coefficient (Wildman–Crippen LogP) is 2.59. The summed E-state index contributed by atoms with van der Waals surface area (Å²) in [6.07, 6.45) is 7.09. The molecule has 1 N–H and O–H groups in total. The molecule has 0 aliphatic heterocycles. The predicted molar refractivity (Wildman–Crippen MR) is 104 cm³/mol. The first-order valence-electron chi connectivity index (χ1n) is 7.79. The van der Waals surface area contributed by atoms with Gasteiger partial charge in [-0.1, -0.05) is 24.1 Å². The molecule has 136 valence electrons. The molecule has 7 heteroatoms. The summed E-state index contributed by atoms with van der Waals surface area (Å²) in [5.41, 5.74) is 1.30. The van der Waals surface area contributed by atoms with Crippen molar-refractivity contribution in [3.05, 3.63) is 59.7 Å². The van der Waals surface area contributed by atoms with Gasteiger partial charge in [-0.15, -0.1) is 18.2 Å². The molecule has 0 atom stereocenters. The van der Waals surface area contributed by atoms with Gasteiger partial charge in [-0.25, -0.2) is 8.42 Å². The van der Waals surface area contributed by atoms with Crippen LogP contribution in [0.25, 0.3) is 0 Å². The van der Waals surface area contributed by atoms with Gasteiger partial charge in [-0.05, 0) is 42.2 Å². The SMILES string of the molecule is C#CCNS(=O)(=O)c1cccc(C(=O)N(C)Cc2ccc(SC)cc2)c1. The van der Waals surface area contributed by atoms with Crippen molar-refractivity contribution in [3.63, 3.8) is 0 Å². The number of thioether (sulfide) groups is 1. The van der Waals surface area contributed by atoms with E-state index in [9.17, 15) is 13.2 Å². The van der Waals surface area contributed by atoms with Crippen molar-refractivity contribution < 1.29 is 13.2 Å². The minimum atomic E-state index is -3.74. The first-order valence-corrected chi connectivity index (χ1v) is 10.5. The molecule has 5 nitrogen and oxygen atoms in total. The van der Waals surface area contributed by atoms with Gasteiger partial charge >= 0.3 is 0 Å². The zero-order chi connectivity index (χ0) is 19.2. The van der Waals surface area contributed by atoms with Crippen LogP contribution in [-0.2, 0) is 16.6 Å². The number of carbonyl (C=O) groups is 1. The number of rotatable bonds is 7. The van der Waals surface area contributed by atoms with Crippen LogP contribution in [0.5, 0.6) is 0 Å². The maximum absolute atomic E-state index is 12.6. The van der Waals surface area contributed by atoms with Crippen molar-refractivity contribution in [3.8, 4) is 12.3 Å². The molecule has 0 aliphatic carbocycles. The molecule has 2 aromatic carbocycles. The van der Waals surface area contributed by atoms with Crippen LogP contribution in [0.1, 0.15) is 15.9 Å². The maximum atomic E-state index is 12.6. The molecular formula is C19H20N2O3S2. The van der Waals surface area contributed by atoms with Crippen LogP contribution in [0.4, 0.5) is 0 Å². The standard InChI is InChI=1S/C19H20N2O3S2/c1-4-12-20-26(23,24)18-7-5-6-16(13-18)19(22)21(2)14-15-8-10-17(25-3)11-9-15/h1,5-11,13,20H,12,14H2,2-3H3. The molecule has 2 aromatic rings. The smallest absolute Gasteiger partial charge is 0.253 e. The van der Waals surface area contributed by atoms with Gasteiger partial charge in [0, 0.05) is 24.1 Å². The van der Waals surface area contributed by atoms with E-state index in [0.29, 0.717) is 12.1 Å². The molecule has 0 bridgehead atoms. The first-order chi connectivity index (χ1) is 12.4. The van der Waals surface area contributed by atoms with E-state index < -0.39 is 10.0 Å². The minimum absolute atomic E-state index is 0.0105. The topological polar surface area (TPSA) is 66.5 Å². The highest BCUT2D eigenvalue weighted by Crippen LogP contribution is 2.17. The first kappa shape index (κ1) is 20.0. The number of nitrogens with one attached hydrogen (secondary N) is 1. The maximum Gasteiger partial charge on any atom is 0.253 e. The molecule has 1 amide bonds. The van der Waals surface area contributed by atoms with E-state index in [1.807, 2.05) is 30.5 Å². The third kappa shape index (κ3) is 5.11. The molecular weight excluding hydrogens is 368 g/mol. The van der Waals surface area contributed by atoms with Gasteiger partial charge in [0.1, 0.15) is 0 Å². The monoisotopic (exact) mass is 388 g/mol. The van der Waals surface area contributed by atoms with Crippen molar-refractivity contribution >= 4 is 27.7 Å². The Morgan fingerprint density at radius 1 is 1.23 bits per heavy atom. The summed E-state index contributed by atoms with van der Waals surface area (Å²) in [4.78, 5) is 15.4. The van der Waals surface area contributed by atoms with Crippen LogP contribution in [0.15, 0.2) is 58.3 Å². The van der Waals surface area contributed by atoms with Crippen molar-refractivity contribution in [2.45, 2.75) is 16.3 Å². The molecule has 2 rings (SSSR count). The van der Waals surface area contributed by atoms with Gasteiger partial charge in [0.15, 0.2) is 0 Å². The highest BCUT2D eigenvalue weighted by Gasteiger charge is 2.17. The average molecular weight is 389 g/mol. The molecule has 0 unspecified atom stereocenters. The summed E-state index contributed by atoms with van der Waals surface area (Å²) >= 11 is 1.65. The van der Waals surface area contributed by atoms with E-state index in [4.69, 9.17) is 6.42 Å². The molecule has 0 saturated carbocycles. The zero-order valence-corrected chi connectivity index (χ0v) is 16.2. The number of benzene rings is 2. The molecule has 0 saturated heterocycles. The third-order valence-corrected chi connectivity index (χ3v) is 5.82. The Balaban J connectivity index is 2.15. The van der Waals surface area contributed by atoms with E-state index in [2.05, 4.69) is 10.6 Å². The van der Waals surface area contributed by atoms with Crippen LogP contribution in [-0.4, -0.2) is 39.1 Å². The van der Waals surface area contributed by atoms with E-state index in [0.717, 1.165) is 10.5 Å². The highest BCUT2D eigenvalue weighted by molar-refractivity contribution is 7.98. The molecule has 0 fully saturated rings. The summed E-state index contributed by atoms with van der Waals surface area (Å²) in [7, 11) is -2.05. The van der Waals surface area contributed by atoms with Gasteiger partial charge in [0.05, 0.1) is 11.4 Å². The lowest BCUT2D eigenvalue weighted by molar-refractivity contribution is 0.0785. The van der Waals surface area contributed by atoms with Crippen molar-refractivity contribution in [1.29, 1.82) is 0 Å². The average Bonchev–Trinajstić information content (AvgIpc) is 2.66. The van der Waals surface area contributed by atoms with Gasteiger partial charge in [-0.3, -0.25) is 4.79 Å². The molecule has 0 spiro atoms. The summed E-state index contributed by atoms with van der Waals surface area (Å²) in [6, 6.07) is 13.9. The van der Waals surface area contributed by atoms with Gasteiger partial charge in [-0.2, -0.15) is 4.72 Å². The summed E-state index contributed by atoms with van der Waals surface area (Å²) in [6.45, 7) is 0.326. The van der Waals surface area contributed by atoms with Crippen LogP contribution in [0, 0.1) is 12.3 Å².